The van der Waals surface area contributed by atoms with E-state index in [9.17, 15) is 24.4 Å². The molecule has 174 valence electrons. The molecule has 2 N–H and O–H groups in total. The average Bonchev–Trinajstić information content (AvgIpc) is 2.76. The number of hydrogen-bond donors (Lipinski definition) is 2. The number of thiocarbonyl (C=S) groups is 1. The molecule has 0 fully saturated rings. The Morgan fingerprint density at radius 1 is 1.27 bits per heavy atom. The summed E-state index contributed by atoms with van der Waals surface area (Å²) in [6.45, 7) is 3.41. The summed E-state index contributed by atoms with van der Waals surface area (Å²) < 4.78 is 24.5. The van der Waals surface area contributed by atoms with Gasteiger partial charge < -0.3 is 19.9 Å². The lowest BCUT2D eigenvalue weighted by Gasteiger charge is -2.37. The van der Waals surface area contributed by atoms with Crippen LogP contribution in [0.1, 0.15) is 24.1 Å². The zero-order valence-corrected chi connectivity index (χ0v) is 18.9. The van der Waals surface area contributed by atoms with Crippen LogP contribution in [0.5, 0.6) is 5.75 Å². The number of carbonyl (C=O) groups is 1. The van der Waals surface area contributed by atoms with Crippen molar-refractivity contribution in [2.75, 3.05) is 25.2 Å². The minimum absolute atomic E-state index is 0.0157. The van der Waals surface area contributed by atoms with Crippen LogP contribution in [0.2, 0.25) is 0 Å². The summed E-state index contributed by atoms with van der Waals surface area (Å²) in [5.41, 5.74) is 1.13. The van der Waals surface area contributed by atoms with Gasteiger partial charge in [-0.1, -0.05) is 12.1 Å². The highest BCUT2D eigenvalue weighted by Gasteiger charge is 2.36. The van der Waals surface area contributed by atoms with Gasteiger partial charge in [0.05, 0.1) is 28.8 Å². The zero-order chi connectivity index (χ0) is 24.3. The molecule has 2 aromatic carbocycles. The maximum Gasteiger partial charge on any atom is 0.338 e. The van der Waals surface area contributed by atoms with Crippen molar-refractivity contribution in [3.05, 3.63) is 74.7 Å². The second kappa shape index (κ2) is 9.92. The van der Waals surface area contributed by atoms with E-state index in [2.05, 4.69) is 5.32 Å². The van der Waals surface area contributed by atoms with Crippen molar-refractivity contribution < 1.29 is 28.7 Å². The fourth-order valence-corrected chi connectivity index (χ4v) is 3.81. The van der Waals surface area contributed by atoms with Gasteiger partial charge in [0.1, 0.15) is 12.4 Å². The van der Waals surface area contributed by atoms with E-state index in [-0.39, 0.29) is 23.9 Å². The van der Waals surface area contributed by atoms with Crippen LogP contribution in [0.3, 0.4) is 0 Å². The number of halogens is 1. The average molecular weight is 475 g/mol. The molecule has 0 bridgehead atoms. The Hall–Kier alpha value is -3.57. The molecular weight excluding hydrogens is 453 g/mol. The van der Waals surface area contributed by atoms with Gasteiger partial charge in [-0.05, 0) is 55.4 Å². The number of nitro groups is 1. The molecule has 33 heavy (non-hydrogen) atoms. The number of allylic oxidation sites excluding steroid dienone is 1. The third kappa shape index (κ3) is 4.94. The molecule has 0 saturated carbocycles. The number of nitro benzene ring substituents is 1. The maximum atomic E-state index is 14.2. The molecule has 0 amide bonds. The van der Waals surface area contributed by atoms with Crippen LogP contribution < -0.4 is 10.2 Å². The number of carbonyl (C=O) groups excluding carboxylic acids is 1. The monoisotopic (exact) mass is 475 g/mol. The van der Waals surface area contributed by atoms with E-state index in [1.165, 1.54) is 30.2 Å². The summed E-state index contributed by atoms with van der Waals surface area (Å²) in [6, 6.07) is 7.42. The largest absolute Gasteiger partial charge is 0.502 e. The van der Waals surface area contributed by atoms with E-state index in [1.54, 1.807) is 26.0 Å². The number of aromatic hydroxyl groups is 1. The van der Waals surface area contributed by atoms with Crippen molar-refractivity contribution in [2.45, 2.75) is 19.9 Å². The van der Waals surface area contributed by atoms with E-state index < -0.39 is 34.2 Å². The first kappa shape index (κ1) is 24.1. The van der Waals surface area contributed by atoms with Gasteiger partial charge in [0.2, 0.25) is 0 Å². The van der Waals surface area contributed by atoms with Gasteiger partial charge in [-0.15, -0.1) is 0 Å². The molecule has 0 saturated heterocycles. The first-order chi connectivity index (χ1) is 15.6. The summed E-state index contributed by atoms with van der Waals surface area (Å²) in [7, 11) is 1.46. The highest BCUT2D eigenvalue weighted by molar-refractivity contribution is 7.80. The van der Waals surface area contributed by atoms with Gasteiger partial charge in [-0.25, -0.2) is 9.18 Å². The number of phenolic OH excluding ortho intramolecular Hbond substituents is 1. The molecule has 1 atom stereocenters. The van der Waals surface area contributed by atoms with Crippen LogP contribution in [0.4, 0.5) is 15.8 Å². The predicted molar refractivity (Wildman–Crippen MR) is 122 cm³/mol. The van der Waals surface area contributed by atoms with Crippen LogP contribution in [0.25, 0.3) is 0 Å². The summed E-state index contributed by atoms with van der Waals surface area (Å²) in [4.78, 5) is 25.1. The number of hydrogen-bond acceptors (Lipinski definition) is 7. The lowest BCUT2D eigenvalue weighted by molar-refractivity contribution is -0.385. The molecule has 1 unspecified atom stereocenters. The summed E-state index contributed by atoms with van der Waals surface area (Å²) in [6.07, 6.45) is 0. The molecule has 2 aromatic rings. The molecule has 11 heteroatoms. The molecule has 0 aromatic heterocycles. The van der Waals surface area contributed by atoms with E-state index in [0.29, 0.717) is 22.5 Å². The van der Waals surface area contributed by atoms with Crippen LogP contribution in [0.15, 0.2) is 47.7 Å². The van der Waals surface area contributed by atoms with E-state index in [1.807, 2.05) is 0 Å². The van der Waals surface area contributed by atoms with Crippen molar-refractivity contribution in [2.24, 2.45) is 0 Å². The van der Waals surface area contributed by atoms with Crippen molar-refractivity contribution in [3.63, 3.8) is 0 Å². The topological polar surface area (TPSA) is 114 Å². The SMILES string of the molecule is COCCOC(=O)C1=C(C)N(c2ccc(C)c(F)c2)C(=S)NC1c1ccc(O)c([N+](=O)[O-])c1. The van der Waals surface area contributed by atoms with Crippen molar-refractivity contribution in [1.82, 2.24) is 5.32 Å². The first-order valence-electron chi connectivity index (χ1n) is 9.86. The van der Waals surface area contributed by atoms with E-state index in [4.69, 9.17) is 21.7 Å². The van der Waals surface area contributed by atoms with Gasteiger partial charge in [0.25, 0.3) is 0 Å². The van der Waals surface area contributed by atoms with E-state index in [0.717, 1.165) is 6.07 Å². The number of ether oxygens (including phenoxy) is 2. The Kier molecular flexibility index (Phi) is 7.24. The number of nitrogens with zero attached hydrogens (tertiary/aromatic N) is 2. The third-order valence-electron chi connectivity index (χ3n) is 5.17. The Morgan fingerprint density at radius 3 is 2.64 bits per heavy atom. The minimum Gasteiger partial charge on any atom is -0.502 e. The summed E-state index contributed by atoms with van der Waals surface area (Å²) in [5, 5.41) is 24.3. The summed E-state index contributed by atoms with van der Waals surface area (Å²) in [5.74, 6) is -1.65. The molecule has 1 aliphatic rings. The van der Waals surface area contributed by atoms with Crippen molar-refractivity contribution >= 4 is 34.7 Å². The molecule has 0 aliphatic carbocycles. The second-order valence-electron chi connectivity index (χ2n) is 7.28. The number of aryl methyl sites for hydroxylation is 1. The minimum atomic E-state index is -0.904. The Balaban J connectivity index is 2.13. The van der Waals surface area contributed by atoms with Gasteiger partial charge >= 0.3 is 11.7 Å². The number of esters is 1. The standard InChI is InChI=1S/C22H22FN3O6S/c1-12-4-6-15(11-16(12)23)25-13(2)19(21(28)32-9-8-31-3)20(24-22(25)33)14-5-7-18(27)17(10-14)26(29)30/h4-7,10-11,20,27H,8-9H2,1-3H3,(H,24,33). The second-order valence-corrected chi connectivity index (χ2v) is 7.67. The number of rotatable bonds is 7. The fourth-order valence-electron chi connectivity index (χ4n) is 3.45. The Labute approximate surface area is 194 Å². The highest BCUT2D eigenvalue weighted by Crippen LogP contribution is 2.37. The molecule has 3 rings (SSSR count). The predicted octanol–water partition coefficient (Wildman–Crippen LogP) is 3.65. The van der Waals surface area contributed by atoms with Gasteiger partial charge in [0, 0.05) is 18.9 Å². The third-order valence-corrected chi connectivity index (χ3v) is 5.47. The summed E-state index contributed by atoms with van der Waals surface area (Å²) >= 11 is 5.50. The van der Waals surface area contributed by atoms with Crippen molar-refractivity contribution in [1.29, 1.82) is 0 Å². The van der Waals surface area contributed by atoms with Crippen LogP contribution in [-0.2, 0) is 14.3 Å². The van der Waals surface area contributed by atoms with Gasteiger partial charge in [0.15, 0.2) is 10.9 Å². The number of nitrogens with one attached hydrogen (secondary N) is 1. The smallest absolute Gasteiger partial charge is 0.338 e. The van der Waals surface area contributed by atoms with Gasteiger partial charge in [-0.2, -0.15) is 0 Å². The molecule has 0 radical (unpaired) electrons. The Morgan fingerprint density at radius 2 is 2.00 bits per heavy atom. The normalized spacial score (nSPS) is 15.9. The van der Waals surface area contributed by atoms with Crippen LogP contribution >= 0.6 is 12.2 Å². The number of anilines is 1. The fraction of sp³-hybridized carbons (Fsp3) is 0.273. The van der Waals surface area contributed by atoms with Gasteiger partial charge in [-0.3, -0.25) is 15.0 Å². The lowest BCUT2D eigenvalue weighted by atomic mass is 9.94. The molecule has 1 heterocycles. The number of phenols is 1. The zero-order valence-electron chi connectivity index (χ0n) is 18.1. The van der Waals surface area contributed by atoms with Crippen LogP contribution in [-0.4, -0.2) is 41.4 Å². The molecule has 9 nitrogen and oxygen atoms in total. The number of benzene rings is 2. The highest BCUT2D eigenvalue weighted by atomic mass is 32.1. The quantitative estimate of drug-likeness (QED) is 0.204. The maximum absolute atomic E-state index is 14.2. The van der Waals surface area contributed by atoms with Crippen LogP contribution in [0, 0.1) is 22.9 Å². The first-order valence-corrected chi connectivity index (χ1v) is 10.3. The van der Waals surface area contributed by atoms with E-state index >= 15 is 0 Å². The number of methoxy groups -OCH3 is 1. The molecule has 0 spiro atoms. The Bertz CT molecular complexity index is 1150. The van der Waals surface area contributed by atoms with Crippen molar-refractivity contribution in [3.8, 4) is 5.75 Å². The lowest BCUT2D eigenvalue weighted by Crippen LogP contribution is -2.48. The molecule has 1 aliphatic heterocycles. The molecular formula is C22H22FN3O6S.